The number of hydrogen-bond donors (Lipinski definition) is 1. The minimum atomic E-state index is -0.546. The predicted octanol–water partition coefficient (Wildman–Crippen LogP) is 2.68. The van der Waals surface area contributed by atoms with Crippen LogP contribution < -0.4 is 5.32 Å². The molecule has 0 bridgehead atoms. The number of pyridine rings is 1. The summed E-state index contributed by atoms with van der Waals surface area (Å²) in [5, 5.41) is 2.94. The van der Waals surface area contributed by atoms with Gasteiger partial charge >= 0.3 is 0 Å². The van der Waals surface area contributed by atoms with Gasteiger partial charge in [-0.05, 0) is 31.5 Å². The van der Waals surface area contributed by atoms with Crippen molar-refractivity contribution in [3.63, 3.8) is 0 Å². The third-order valence-electron chi connectivity index (χ3n) is 3.22. The Labute approximate surface area is 113 Å². The number of rotatable bonds is 4. The first kappa shape index (κ1) is 13.3. The van der Waals surface area contributed by atoms with Gasteiger partial charge < -0.3 is 5.32 Å². The van der Waals surface area contributed by atoms with Gasteiger partial charge in [-0.3, -0.25) is 9.78 Å². The topological polar surface area (TPSA) is 42.0 Å². The summed E-state index contributed by atoms with van der Waals surface area (Å²) in [5.74, 6) is 0.00403. The van der Waals surface area contributed by atoms with Crippen molar-refractivity contribution >= 4 is 5.91 Å². The van der Waals surface area contributed by atoms with E-state index in [0.29, 0.717) is 6.54 Å². The van der Waals surface area contributed by atoms with E-state index in [4.69, 9.17) is 0 Å². The van der Waals surface area contributed by atoms with Crippen LogP contribution in [0, 0.1) is 0 Å². The fourth-order valence-electron chi connectivity index (χ4n) is 1.88. The number of nitrogens with one attached hydrogen (secondary N) is 1. The van der Waals surface area contributed by atoms with E-state index >= 15 is 0 Å². The molecule has 98 valence electrons. The third-order valence-corrected chi connectivity index (χ3v) is 3.22. The molecular formula is C16H18N2O. The average molecular weight is 254 g/mol. The molecule has 0 atom stereocenters. The average Bonchev–Trinajstić information content (AvgIpc) is 2.46. The second-order valence-corrected chi connectivity index (χ2v) is 4.99. The lowest BCUT2D eigenvalue weighted by molar-refractivity contribution is -0.125. The van der Waals surface area contributed by atoms with Gasteiger partial charge in [0, 0.05) is 6.20 Å². The standard InChI is InChI=1S/C16H18N2O/c1-16(2,13-8-4-3-5-9-13)15(19)18-12-14-10-6-7-11-17-14/h3-11H,12H2,1-2H3,(H,18,19). The molecule has 0 spiro atoms. The van der Waals surface area contributed by atoms with Gasteiger partial charge in [0.25, 0.3) is 0 Å². The molecule has 0 aliphatic heterocycles. The first-order valence-electron chi connectivity index (χ1n) is 6.34. The highest BCUT2D eigenvalue weighted by Gasteiger charge is 2.29. The second kappa shape index (κ2) is 5.65. The zero-order valence-corrected chi connectivity index (χ0v) is 11.3. The number of nitrogens with zero attached hydrogens (tertiary/aromatic N) is 1. The van der Waals surface area contributed by atoms with Gasteiger partial charge in [-0.2, -0.15) is 0 Å². The Morgan fingerprint density at radius 2 is 1.79 bits per heavy atom. The number of aromatic nitrogens is 1. The minimum Gasteiger partial charge on any atom is -0.350 e. The molecular weight excluding hydrogens is 236 g/mol. The van der Waals surface area contributed by atoms with E-state index in [9.17, 15) is 4.79 Å². The van der Waals surface area contributed by atoms with Gasteiger partial charge in [0.05, 0.1) is 17.7 Å². The van der Waals surface area contributed by atoms with Crippen molar-refractivity contribution in [3.05, 3.63) is 66.0 Å². The van der Waals surface area contributed by atoms with Crippen LogP contribution in [0.25, 0.3) is 0 Å². The number of carbonyl (C=O) groups excluding carboxylic acids is 1. The molecule has 2 rings (SSSR count). The maximum Gasteiger partial charge on any atom is 0.230 e. The second-order valence-electron chi connectivity index (χ2n) is 4.99. The van der Waals surface area contributed by atoms with Gasteiger partial charge in [0.1, 0.15) is 0 Å². The van der Waals surface area contributed by atoms with Gasteiger partial charge in [-0.15, -0.1) is 0 Å². The molecule has 0 radical (unpaired) electrons. The zero-order chi connectivity index (χ0) is 13.7. The Morgan fingerprint density at radius 1 is 1.11 bits per heavy atom. The van der Waals surface area contributed by atoms with Crippen molar-refractivity contribution in [3.8, 4) is 0 Å². The van der Waals surface area contributed by atoms with Crippen LogP contribution >= 0.6 is 0 Å². The first-order chi connectivity index (χ1) is 9.10. The van der Waals surface area contributed by atoms with Gasteiger partial charge in [-0.25, -0.2) is 0 Å². The summed E-state index contributed by atoms with van der Waals surface area (Å²) in [4.78, 5) is 16.5. The maximum atomic E-state index is 12.3. The molecule has 0 saturated carbocycles. The summed E-state index contributed by atoms with van der Waals surface area (Å²) in [7, 11) is 0. The van der Waals surface area contributed by atoms with E-state index in [-0.39, 0.29) is 5.91 Å². The summed E-state index contributed by atoms with van der Waals surface area (Å²) < 4.78 is 0. The van der Waals surface area contributed by atoms with Crippen LogP contribution in [-0.4, -0.2) is 10.9 Å². The van der Waals surface area contributed by atoms with E-state index in [1.54, 1.807) is 6.20 Å². The van der Waals surface area contributed by atoms with Crippen LogP contribution in [0.1, 0.15) is 25.1 Å². The van der Waals surface area contributed by atoms with Crippen molar-refractivity contribution in [2.45, 2.75) is 25.8 Å². The Morgan fingerprint density at radius 3 is 2.42 bits per heavy atom. The largest absolute Gasteiger partial charge is 0.350 e. The van der Waals surface area contributed by atoms with E-state index < -0.39 is 5.41 Å². The molecule has 0 aliphatic rings. The quantitative estimate of drug-likeness (QED) is 0.911. The fourth-order valence-corrected chi connectivity index (χ4v) is 1.88. The molecule has 1 aromatic heterocycles. The third kappa shape index (κ3) is 3.19. The Kier molecular flexibility index (Phi) is 3.95. The number of amides is 1. The number of benzene rings is 1. The molecule has 0 saturated heterocycles. The Bertz CT molecular complexity index is 535. The van der Waals surface area contributed by atoms with E-state index in [2.05, 4.69) is 10.3 Å². The smallest absolute Gasteiger partial charge is 0.230 e. The van der Waals surface area contributed by atoms with Gasteiger partial charge in [0.15, 0.2) is 0 Å². The summed E-state index contributed by atoms with van der Waals surface area (Å²) >= 11 is 0. The highest BCUT2D eigenvalue weighted by atomic mass is 16.2. The van der Waals surface area contributed by atoms with Crippen LogP contribution in [-0.2, 0) is 16.8 Å². The summed E-state index contributed by atoms with van der Waals surface area (Å²) in [6.45, 7) is 4.31. The van der Waals surface area contributed by atoms with Crippen LogP contribution in [0.5, 0.6) is 0 Å². The van der Waals surface area contributed by atoms with Gasteiger partial charge in [0.2, 0.25) is 5.91 Å². The summed E-state index contributed by atoms with van der Waals surface area (Å²) in [6, 6.07) is 15.5. The Hall–Kier alpha value is -2.16. The molecule has 1 aromatic carbocycles. The van der Waals surface area contributed by atoms with Crippen molar-refractivity contribution in [2.75, 3.05) is 0 Å². The fraction of sp³-hybridized carbons (Fsp3) is 0.250. The molecule has 3 nitrogen and oxygen atoms in total. The first-order valence-corrected chi connectivity index (χ1v) is 6.34. The summed E-state index contributed by atoms with van der Waals surface area (Å²) in [6.07, 6.45) is 1.73. The Balaban J connectivity index is 2.03. The molecule has 1 heterocycles. The molecule has 3 heteroatoms. The molecule has 0 fully saturated rings. The molecule has 2 aromatic rings. The molecule has 0 aliphatic carbocycles. The maximum absolute atomic E-state index is 12.3. The SMILES string of the molecule is CC(C)(C(=O)NCc1ccccn1)c1ccccc1. The summed E-state index contributed by atoms with van der Waals surface area (Å²) in [5.41, 5.74) is 1.32. The van der Waals surface area contributed by atoms with Crippen molar-refractivity contribution in [1.29, 1.82) is 0 Å². The van der Waals surface area contributed by atoms with E-state index in [0.717, 1.165) is 11.3 Å². The van der Waals surface area contributed by atoms with Crippen molar-refractivity contribution < 1.29 is 4.79 Å². The van der Waals surface area contributed by atoms with Crippen molar-refractivity contribution in [1.82, 2.24) is 10.3 Å². The number of hydrogen-bond acceptors (Lipinski definition) is 2. The van der Waals surface area contributed by atoms with Crippen LogP contribution in [0.2, 0.25) is 0 Å². The lowest BCUT2D eigenvalue weighted by Gasteiger charge is -2.24. The molecule has 1 amide bonds. The van der Waals surface area contributed by atoms with Crippen molar-refractivity contribution in [2.24, 2.45) is 0 Å². The monoisotopic (exact) mass is 254 g/mol. The number of carbonyl (C=O) groups is 1. The normalized spacial score (nSPS) is 11.1. The van der Waals surface area contributed by atoms with Gasteiger partial charge in [-0.1, -0.05) is 36.4 Å². The highest BCUT2D eigenvalue weighted by Crippen LogP contribution is 2.22. The lowest BCUT2D eigenvalue weighted by Crippen LogP contribution is -2.39. The predicted molar refractivity (Wildman–Crippen MR) is 75.6 cm³/mol. The molecule has 1 N–H and O–H groups in total. The van der Waals surface area contributed by atoms with Crippen LogP contribution in [0.4, 0.5) is 0 Å². The van der Waals surface area contributed by atoms with Crippen LogP contribution in [0.3, 0.4) is 0 Å². The zero-order valence-electron chi connectivity index (χ0n) is 11.3. The lowest BCUT2D eigenvalue weighted by atomic mass is 9.84. The minimum absolute atomic E-state index is 0.00403. The molecule has 19 heavy (non-hydrogen) atoms. The highest BCUT2D eigenvalue weighted by molar-refractivity contribution is 5.87. The van der Waals surface area contributed by atoms with E-state index in [1.807, 2.05) is 62.4 Å². The van der Waals surface area contributed by atoms with Crippen LogP contribution in [0.15, 0.2) is 54.7 Å². The van der Waals surface area contributed by atoms with E-state index in [1.165, 1.54) is 0 Å². The molecule has 0 unspecified atom stereocenters.